The Morgan fingerprint density at radius 1 is 0.267 bits per heavy atom. The van der Waals surface area contributed by atoms with Crippen molar-refractivity contribution in [2.45, 2.75) is 155 Å². The fourth-order valence-corrected chi connectivity index (χ4v) is 23.1. The monoisotopic (exact) mass is 1090 g/mol. The molecule has 396 valence electrons. The van der Waals surface area contributed by atoms with Crippen molar-refractivity contribution in [1.29, 1.82) is 0 Å². The summed E-state index contributed by atoms with van der Waals surface area (Å²) in [5, 5.41) is 0. The molecule has 0 radical (unpaired) electrons. The van der Waals surface area contributed by atoms with Gasteiger partial charge in [-0.05, 0) is 199 Å². The standard InChI is InChI=1S/C70H86S5/c1-16-71-56-31-21-51(22-32-56)66-41(6)43(8)67(52-23-33-57(34-24-52)72-17-2)45(10)47(12)69(54-27-37-59(38-28-54)74-19-4)49(14)50(15)70(55-29-39-60(40-30-55)75-20-5)48(13)46(11)68(44(9)42(66)7,53-25-35-58(36-26-53)73-18-3)63-61(66)62(67)64(69)65(63)70/h21-50,61H,16-20H2,1-15H3/t41-,42+,43+,44-,45-,46+,47+,48-,49-,50+,61?,66?,67?,68?,69?,70?. The maximum atomic E-state index is 2.77. The van der Waals surface area contributed by atoms with Gasteiger partial charge in [0.15, 0.2) is 0 Å². The molecule has 0 nitrogen and oxygen atoms in total. The molecular weight excluding hydrogens is 1000 g/mol. The molecule has 0 aromatic heterocycles. The molecule has 3 fully saturated rings. The van der Waals surface area contributed by atoms with Crippen molar-refractivity contribution in [2.24, 2.45) is 65.1 Å². The van der Waals surface area contributed by atoms with Crippen molar-refractivity contribution < 1.29 is 0 Å². The van der Waals surface area contributed by atoms with Gasteiger partial charge in [0.2, 0.25) is 0 Å². The normalized spacial score (nSPS) is 37.3. The molecule has 11 rings (SSSR count). The van der Waals surface area contributed by atoms with Gasteiger partial charge in [0.1, 0.15) is 0 Å². The largest absolute Gasteiger partial charge is 0.126 e. The minimum Gasteiger partial charge on any atom is -0.126 e. The van der Waals surface area contributed by atoms with Gasteiger partial charge in [-0.1, -0.05) is 165 Å². The summed E-state index contributed by atoms with van der Waals surface area (Å²) in [6.07, 6.45) is 0. The van der Waals surface area contributed by atoms with E-state index in [1.54, 1.807) is 39.0 Å². The summed E-state index contributed by atoms with van der Waals surface area (Å²) in [5.41, 5.74) is 14.0. The Labute approximate surface area is 475 Å². The van der Waals surface area contributed by atoms with Crippen LogP contribution in [0.1, 0.15) is 132 Å². The molecule has 16 atom stereocenters. The smallest absolute Gasteiger partial charge is 0.0263 e. The minimum atomic E-state index is -0.222. The van der Waals surface area contributed by atoms with Gasteiger partial charge in [-0.2, -0.15) is 0 Å². The lowest BCUT2D eigenvalue weighted by Crippen LogP contribution is -2.70. The van der Waals surface area contributed by atoms with E-state index >= 15 is 0 Å². The van der Waals surface area contributed by atoms with Crippen molar-refractivity contribution >= 4 is 58.8 Å². The Balaban J connectivity index is 1.40. The van der Waals surface area contributed by atoms with E-state index in [0.717, 1.165) is 28.8 Å². The summed E-state index contributed by atoms with van der Waals surface area (Å²) < 4.78 is 0. The third-order valence-electron chi connectivity index (χ3n) is 22.8. The van der Waals surface area contributed by atoms with Gasteiger partial charge in [-0.15, -0.1) is 58.8 Å². The maximum Gasteiger partial charge on any atom is 0.0263 e. The fourth-order valence-electron chi connectivity index (χ4n) is 19.8. The van der Waals surface area contributed by atoms with Crippen LogP contribution in [0.15, 0.2) is 168 Å². The minimum absolute atomic E-state index is 0.160. The van der Waals surface area contributed by atoms with E-state index in [2.05, 4.69) is 225 Å². The molecule has 0 saturated heterocycles. The van der Waals surface area contributed by atoms with Gasteiger partial charge in [0.25, 0.3) is 0 Å². The van der Waals surface area contributed by atoms with E-state index in [4.69, 9.17) is 0 Å². The van der Waals surface area contributed by atoms with Crippen LogP contribution in [0.25, 0.3) is 0 Å². The summed E-state index contributed by atoms with van der Waals surface area (Å²) in [4.78, 5) is 6.95. The molecule has 5 aromatic carbocycles. The van der Waals surface area contributed by atoms with Crippen molar-refractivity contribution in [1.82, 2.24) is 0 Å². The molecule has 5 aromatic rings. The zero-order valence-electron chi connectivity index (χ0n) is 48.0. The molecule has 0 heterocycles. The van der Waals surface area contributed by atoms with Gasteiger partial charge in [0, 0.05) is 57.5 Å². The summed E-state index contributed by atoms with van der Waals surface area (Å²) in [6.45, 7) is 39.1. The lowest BCUT2D eigenvalue weighted by atomic mass is 9.30. The number of rotatable bonds is 15. The highest BCUT2D eigenvalue weighted by Crippen LogP contribution is 2.86. The van der Waals surface area contributed by atoms with Gasteiger partial charge in [-0.3, -0.25) is 0 Å². The number of hydrogen-bond acceptors (Lipinski definition) is 5. The summed E-state index contributed by atoms with van der Waals surface area (Å²) in [7, 11) is 0. The zero-order chi connectivity index (χ0) is 53.1. The first kappa shape index (κ1) is 54.3. The van der Waals surface area contributed by atoms with Gasteiger partial charge in [0.05, 0.1) is 0 Å². The molecule has 6 aliphatic carbocycles. The van der Waals surface area contributed by atoms with Crippen molar-refractivity contribution in [3.63, 3.8) is 0 Å². The molecule has 0 bridgehead atoms. The van der Waals surface area contributed by atoms with Gasteiger partial charge >= 0.3 is 0 Å². The summed E-state index contributed by atoms with van der Waals surface area (Å²) in [6, 6.07) is 51.6. The van der Waals surface area contributed by atoms with Crippen LogP contribution in [0, 0.1) is 65.1 Å². The average molecular weight is 1090 g/mol. The van der Waals surface area contributed by atoms with Crippen LogP contribution < -0.4 is 0 Å². The topological polar surface area (TPSA) is 0 Å². The first-order valence-corrected chi connectivity index (χ1v) is 34.2. The quantitative estimate of drug-likeness (QED) is 0.0956. The average Bonchev–Trinajstić information content (AvgIpc) is 3.74. The van der Waals surface area contributed by atoms with Crippen LogP contribution >= 0.6 is 58.8 Å². The van der Waals surface area contributed by atoms with Gasteiger partial charge < -0.3 is 0 Å². The lowest BCUT2D eigenvalue weighted by molar-refractivity contribution is -0.0728. The molecule has 6 aliphatic rings. The zero-order valence-corrected chi connectivity index (χ0v) is 52.1. The molecular formula is C70H86S5. The molecule has 6 unspecified atom stereocenters. The third-order valence-corrected chi connectivity index (χ3v) is 27.3. The highest BCUT2D eigenvalue weighted by molar-refractivity contribution is 8.00. The third kappa shape index (κ3) is 6.94. The van der Waals surface area contributed by atoms with E-state index in [9.17, 15) is 0 Å². The second kappa shape index (κ2) is 20.1. The SMILES string of the molecule is CCSc1ccc(C23C4=C5C6C7=C4C(c4ccc(SCC)cc4)([C@H](C)[C@@H]2C)[C@@H](C)[C@@H](C)C7(c2ccc(SCC)cc2)[C@@H](C)[C@@H](C)C6(c2ccc(SCC)cc2)[C@@H](C)[C@@H](C)C5(c2ccc(SCC)cc2)[C@@H](C)[C@H]3C)cc1. The molecule has 0 spiro atoms. The molecule has 0 aliphatic heterocycles. The second-order valence-corrected chi connectivity index (χ2v) is 30.8. The van der Waals surface area contributed by atoms with Crippen LogP contribution in [0.4, 0.5) is 0 Å². The van der Waals surface area contributed by atoms with Crippen LogP contribution in [-0.4, -0.2) is 28.8 Å². The Morgan fingerprint density at radius 3 is 0.707 bits per heavy atom. The summed E-state index contributed by atoms with van der Waals surface area (Å²) in [5.74, 6) is 9.26. The highest BCUT2D eigenvalue weighted by Gasteiger charge is 2.82. The molecule has 75 heavy (non-hydrogen) atoms. The van der Waals surface area contributed by atoms with Crippen LogP contribution in [-0.2, 0) is 27.1 Å². The fraction of sp³-hybridized carbons (Fsp3) is 0.514. The number of allylic oxidation sites excluding steroid dienone is 4. The van der Waals surface area contributed by atoms with Crippen molar-refractivity contribution in [2.75, 3.05) is 28.8 Å². The first-order valence-electron chi connectivity index (χ1n) is 29.3. The Morgan fingerprint density at radius 2 is 0.467 bits per heavy atom. The second-order valence-electron chi connectivity index (χ2n) is 24.1. The Kier molecular flexibility index (Phi) is 14.6. The van der Waals surface area contributed by atoms with E-state index < -0.39 is 0 Å². The predicted molar refractivity (Wildman–Crippen MR) is 332 cm³/mol. The molecule has 3 saturated carbocycles. The lowest BCUT2D eigenvalue weighted by Gasteiger charge is -2.72. The van der Waals surface area contributed by atoms with Crippen molar-refractivity contribution in [3.8, 4) is 0 Å². The van der Waals surface area contributed by atoms with Crippen LogP contribution in [0.2, 0.25) is 0 Å². The van der Waals surface area contributed by atoms with Crippen LogP contribution in [0.5, 0.6) is 0 Å². The van der Waals surface area contributed by atoms with E-state index in [-0.39, 0.29) is 33.0 Å². The Hall–Kier alpha value is -2.67. The van der Waals surface area contributed by atoms with E-state index in [1.165, 1.54) is 24.5 Å². The Bertz CT molecular complexity index is 2790. The predicted octanol–water partition coefficient (Wildman–Crippen LogP) is 19.9. The maximum absolute atomic E-state index is 2.77. The number of benzene rings is 5. The molecule has 0 N–H and O–H groups in total. The number of thioether (sulfide) groups is 5. The highest BCUT2D eigenvalue weighted by atomic mass is 32.2. The first-order chi connectivity index (χ1) is 36.1. The summed E-state index contributed by atoms with van der Waals surface area (Å²) >= 11 is 9.94. The number of hydrogen-bond donors (Lipinski definition) is 0. The van der Waals surface area contributed by atoms with Crippen molar-refractivity contribution in [3.05, 3.63) is 171 Å². The molecule has 0 amide bonds. The van der Waals surface area contributed by atoms with Gasteiger partial charge in [-0.25, -0.2) is 0 Å². The van der Waals surface area contributed by atoms with E-state index in [0.29, 0.717) is 59.2 Å². The molecule has 5 heteroatoms. The van der Waals surface area contributed by atoms with Crippen LogP contribution in [0.3, 0.4) is 0 Å². The van der Waals surface area contributed by atoms with E-state index in [1.807, 2.05) is 70.0 Å².